The molecule has 0 aliphatic rings. The topological polar surface area (TPSA) is 87.0 Å². The summed E-state index contributed by atoms with van der Waals surface area (Å²) in [4.78, 5) is 11.0. The Morgan fingerprint density at radius 3 is 2.07 bits per heavy atom. The molecule has 0 atom stereocenters. The van der Waals surface area contributed by atoms with Crippen LogP contribution in [-0.4, -0.2) is 47.7 Å². The van der Waals surface area contributed by atoms with Gasteiger partial charge in [0.25, 0.3) is 0 Å². The quantitative estimate of drug-likeness (QED) is 0.454. The minimum atomic E-state index is -1.26. The molecular formula is C8H12Cl2O5. The summed E-state index contributed by atoms with van der Waals surface area (Å²) in [7, 11) is 0. The Labute approximate surface area is 96.9 Å². The summed E-state index contributed by atoms with van der Waals surface area (Å²) in [5, 5.41) is 26.4. The van der Waals surface area contributed by atoms with Crippen LogP contribution >= 0.6 is 23.2 Å². The normalized spacial score (nSPS) is 12.7. The fourth-order valence-electron chi connectivity index (χ4n) is 0.619. The van der Waals surface area contributed by atoms with Crippen molar-refractivity contribution in [2.24, 2.45) is 5.41 Å². The largest absolute Gasteiger partial charge is 0.461 e. The van der Waals surface area contributed by atoms with Gasteiger partial charge >= 0.3 is 5.97 Å². The van der Waals surface area contributed by atoms with Crippen molar-refractivity contribution in [3.8, 4) is 0 Å². The van der Waals surface area contributed by atoms with Crippen molar-refractivity contribution in [3.05, 3.63) is 10.6 Å². The van der Waals surface area contributed by atoms with Gasteiger partial charge in [-0.15, -0.1) is 0 Å². The van der Waals surface area contributed by atoms with E-state index in [9.17, 15) is 4.79 Å². The lowest BCUT2D eigenvalue weighted by atomic mass is 9.93. The molecule has 3 N–H and O–H groups in total. The monoisotopic (exact) mass is 258 g/mol. The first-order valence-electron chi connectivity index (χ1n) is 4.01. The Bertz CT molecular complexity index is 229. The molecule has 0 saturated heterocycles. The summed E-state index contributed by atoms with van der Waals surface area (Å²) in [6.07, 6.45) is 0. The lowest BCUT2D eigenvalue weighted by Crippen LogP contribution is -2.39. The number of hydrogen-bond acceptors (Lipinski definition) is 5. The van der Waals surface area contributed by atoms with Gasteiger partial charge in [0.1, 0.15) is 11.6 Å². The molecule has 0 aromatic rings. The zero-order chi connectivity index (χ0) is 11.9. The second-order valence-electron chi connectivity index (χ2n) is 3.01. The number of halogens is 2. The maximum absolute atomic E-state index is 11.0. The SMILES string of the molecule is O=C(OCC(CO)(CO)CO)C(Cl)=CCl. The molecule has 88 valence electrons. The van der Waals surface area contributed by atoms with Gasteiger partial charge in [0.05, 0.1) is 25.2 Å². The van der Waals surface area contributed by atoms with E-state index in [2.05, 4.69) is 4.74 Å². The lowest BCUT2D eigenvalue weighted by Gasteiger charge is -2.26. The first-order valence-corrected chi connectivity index (χ1v) is 4.82. The van der Waals surface area contributed by atoms with E-state index in [4.69, 9.17) is 38.5 Å². The molecule has 7 heteroatoms. The molecule has 0 radical (unpaired) electrons. The molecule has 0 saturated carbocycles. The Morgan fingerprint density at radius 2 is 1.73 bits per heavy atom. The third kappa shape index (κ3) is 4.36. The van der Waals surface area contributed by atoms with Crippen LogP contribution in [0, 0.1) is 5.41 Å². The number of rotatable bonds is 6. The van der Waals surface area contributed by atoms with Gasteiger partial charge in [-0.2, -0.15) is 0 Å². The van der Waals surface area contributed by atoms with Crippen LogP contribution in [0.4, 0.5) is 0 Å². The van der Waals surface area contributed by atoms with E-state index in [1.807, 2.05) is 0 Å². The maximum Gasteiger partial charge on any atom is 0.350 e. The summed E-state index contributed by atoms with van der Waals surface area (Å²) in [5.41, 5.74) is -0.429. The molecule has 0 aliphatic carbocycles. The number of esters is 1. The Hall–Kier alpha value is -0.330. The number of carbonyl (C=O) groups is 1. The third-order valence-corrected chi connectivity index (χ3v) is 2.40. The first-order chi connectivity index (χ1) is 7.05. The van der Waals surface area contributed by atoms with Crippen LogP contribution in [0.5, 0.6) is 0 Å². The molecule has 0 aliphatic heterocycles. The van der Waals surface area contributed by atoms with Crippen molar-refractivity contribution in [2.75, 3.05) is 26.4 Å². The van der Waals surface area contributed by atoms with Crippen LogP contribution in [0.1, 0.15) is 0 Å². The molecule has 15 heavy (non-hydrogen) atoms. The second-order valence-corrected chi connectivity index (χ2v) is 3.63. The molecular weight excluding hydrogens is 247 g/mol. The van der Waals surface area contributed by atoms with Crippen LogP contribution in [-0.2, 0) is 9.53 Å². The van der Waals surface area contributed by atoms with Crippen molar-refractivity contribution >= 4 is 29.2 Å². The molecule has 0 bridgehead atoms. The number of ether oxygens (including phenoxy) is 1. The summed E-state index contributed by atoms with van der Waals surface area (Å²) < 4.78 is 4.63. The Morgan fingerprint density at radius 1 is 1.27 bits per heavy atom. The van der Waals surface area contributed by atoms with E-state index < -0.39 is 31.2 Å². The molecule has 0 aromatic heterocycles. The standard InChI is InChI=1S/C8H12Cl2O5/c9-1-6(10)7(14)15-5-8(2-11,3-12)4-13/h1,11-13H,2-5H2. The molecule has 0 fully saturated rings. The summed E-state index contributed by atoms with van der Waals surface area (Å²) >= 11 is 10.5. The van der Waals surface area contributed by atoms with Crippen LogP contribution in [0.2, 0.25) is 0 Å². The van der Waals surface area contributed by atoms with Gasteiger partial charge in [-0.25, -0.2) is 4.79 Å². The molecule has 0 heterocycles. The highest BCUT2D eigenvalue weighted by molar-refractivity contribution is 6.45. The molecule has 5 nitrogen and oxygen atoms in total. The van der Waals surface area contributed by atoms with Crippen molar-refractivity contribution in [1.82, 2.24) is 0 Å². The van der Waals surface area contributed by atoms with Crippen LogP contribution in [0.3, 0.4) is 0 Å². The molecule has 0 aromatic carbocycles. The summed E-state index contributed by atoms with van der Waals surface area (Å²) in [6.45, 7) is -1.91. The van der Waals surface area contributed by atoms with Crippen LogP contribution < -0.4 is 0 Å². The van der Waals surface area contributed by atoms with E-state index in [0.29, 0.717) is 0 Å². The molecule has 0 unspecified atom stereocenters. The van der Waals surface area contributed by atoms with E-state index in [1.54, 1.807) is 0 Å². The lowest BCUT2D eigenvalue weighted by molar-refractivity contribution is -0.145. The predicted molar refractivity (Wildman–Crippen MR) is 54.4 cm³/mol. The van der Waals surface area contributed by atoms with Crippen LogP contribution in [0.15, 0.2) is 10.6 Å². The van der Waals surface area contributed by atoms with Gasteiger partial charge in [-0.3, -0.25) is 0 Å². The van der Waals surface area contributed by atoms with Gasteiger partial charge in [0.2, 0.25) is 0 Å². The third-order valence-electron chi connectivity index (χ3n) is 1.81. The van der Waals surface area contributed by atoms with E-state index in [0.717, 1.165) is 5.54 Å². The molecule has 0 rings (SSSR count). The average molecular weight is 259 g/mol. The van der Waals surface area contributed by atoms with E-state index in [-0.39, 0.29) is 11.6 Å². The van der Waals surface area contributed by atoms with E-state index in [1.165, 1.54) is 0 Å². The van der Waals surface area contributed by atoms with E-state index >= 15 is 0 Å². The predicted octanol–water partition coefficient (Wildman–Crippen LogP) is -0.188. The minimum Gasteiger partial charge on any atom is -0.461 e. The van der Waals surface area contributed by atoms with Gasteiger partial charge in [-0.05, 0) is 0 Å². The first kappa shape index (κ1) is 14.7. The highest BCUT2D eigenvalue weighted by Crippen LogP contribution is 2.16. The summed E-state index contributed by atoms with van der Waals surface area (Å²) in [5.74, 6) is -0.883. The smallest absolute Gasteiger partial charge is 0.350 e. The van der Waals surface area contributed by atoms with Crippen LogP contribution in [0.25, 0.3) is 0 Å². The molecule has 0 amide bonds. The second kappa shape index (κ2) is 7.03. The fourth-order valence-corrected chi connectivity index (χ4v) is 0.763. The number of carbonyl (C=O) groups excluding carboxylic acids is 1. The van der Waals surface area contributed by atoms with Crippen molar-refractivity contribution < 1.29 is 24.9 Å². The van der Waals surface area contributed by atoms with Crippen molar-refractivity contribution in [2.45, 2.75) is 0 Å². The summed E-state index contributed by atoms with van der Waals surface area (Å²) in [6, 6.07) is 0. The number of hydrogen-bond donors (Lipinski definition) is 3. The van der Waals surface area contributed by atoms with Gasteiger partial charge in [0, 0.05) is 5.54 Å². The molecule has 0 spiro atoms. The van der Waals surface area contributed by atoms with Gasteiger partial charge < -0.3 is 20.1 Å². The van der Waals surface area contributed by atoms with Crippen molar-refractivity contribution in [1.29, 1.82) is 0 Å². The Balaban J connectivity index is 4.29. The fraction of sp³-hybridized carbons (Fsp3) is 0.625. The van der Waals surface area contributed by atoms with Gasteiger partial charge in [-0.1, -0.05) is 23.2 Å². The number of aliphatic hydroxyl groups is 3. The van der Waals surface area contributed by atoms with Crippen molar-refractivity contribution in [3.63, 3.8) is 0 Å². The highest BCUT2D eigenvalue weighted by Gasteiger charge is 2.30. The highest BCUT2D eigenvalue weighted by atomic mass is 35.5. The average Bonchev–Trinajstić information content (AvgIpc) is 2.30. The Kier molecular flexibility index (Phi) is 6.87. The maximum atomic E-state index is 11.0. The van der Waals surface area contributed by atoms with Gasteiger partial charge in [0.15, 0.2) is 0 Å². The number of aliphatic hydroxyl groups excluding tert-OH is 3. The zero-order valence-corrected chi connectivity index (χ0v) is 9.33. The zero-order valence-electron chi connectivity index (χ0n) is 7.82. The minimum absolute atomic E-state index is 0.320.